The third kappa shape index (κ3) is 14.6. The normalized spacial score (nSPS) is 12.0. The van der Waals surface area contributed by atoms with Crippen LogP contribution in [0.4, 0.5) is 0 Å². The summed E-state index contributed by atoms with van der Waals surface area (Å²) in [7, 11) is 0. The summed E-state index contributed by atoms with van der Waals surface area (Å²) in [6.07, 6.45) is 1.58. The van der Waals surface area contributed by atoms with Gasteiger partial charge in [0.15, 0.2) is 0 Å². The minimum Gasteiger partial charge on any atom is -0.460 e. The van der Waals surface area contributed by atoms with Crippen LogP contribution in [0.5, 0.6) is 0 Å². The number of hydrogen-bond donors (Lipinski definition) is 3. The second kappa shape index (κ2) is 13.9. The van der Waals surface area contributed by atoms with Crippen LogP contribution >= 0.6 is 31.9 Å². The number of amides is 3. The number of halogens is 2. The maximum Gasteiger partial charge on any atom is 0.306 e. The SMILES string of the molecule is CC(C)(C)OC(=O)CCCNC(=O)[C@H](CCCNC(=O)CBr)NC(=O)CBr. The van der Waals surface area contributed by atoms with Gasteiger partial charge in [-0.15, -0.1) is 0 Å². The van der Waals surface area contributed by atoms with E-state index in [2.05, 4.69) is 47.8 Å². The zero-order valence-electron chi connectivity index (χ0n) is 16.0. The number of rotatable bonds is 12. The first-order valence-corrected chi connectivity index (χ1v) is 11.0. The first kappa shape index (κ1) is 25.8. The monoisotopic (exact) mass is 513 g/mol. The van der Waals surface area contributed by atoms with Crippen LogP contribution in [0.3, 0.4) is 0 Å². The Labute approximate surface area is 177 Å². The van der Waals surface area contributed by atoms with Gasteiger partial charge in [-0.25, -0.2) is 0 Å². The fourth-order valence-corrected chi connectivity index (χ4v) is 2.40. The lowest BCUT2D eigenvalue weighted by atomic mass is 10.1. The molecular formula is C17H29Br2N3O5. The van der Waals surface area contributed by atoms with Crippen molar-refractivity contribution >= 4 is 55.6 Å². The van der Waals surface area contributed by atoms with Gasteiger partial charge in [0, 0.05) is 19.5 Å². The third-order valence-electron chi connectivity index (χ3n) is 3.16. The summed E-state index contributed by atoms with van der Waals surface area (Å²) in [6, 6.07) is -0.697. The number of esters is 1. The molecule has 0 fully saturated rings. The van der Waals surface area contributed by atoms with Gasteiger partial charge in [0.2, 0.25) is 17.7 Å². The van der Waals surface area contributed by atoms with Crippen molar-refractivity contribution < 1.29 is 23.9 Å². The average Bonchev–Trinajstić information content (AvgIpc) is 2.58. The van der Waals surface area contributed by atoms with Crippen molar-refractivity contribution in [3.8, 4) is 0 Å². The van der Waals surface area contributed by atoms with Crippen molar-refractivity contribution in [2.24, 2.45) is 0 Å². The molecular weight excluding hydrogens is 486 g/mol. The molecule has 0 rings (SSSR count). The predicted octanol–water partition coefficient (Wildman–Crippen LogP) is 1.40. The van der Waals surface area contributed by atoms with E-state index >= 15 is 0 Å². The molecule has 0 saturated carbocycles. The van der Waals surface area contributed by atoms with Crippen LogP contribution < -0.4 is 16.0 Å². The quantitative estimate of drug-likeness (QED) is 0.207. The van der Waals surface area contributed by atoms with Crippen molar-refractivity contribution in [2.75, 3.05) is 23.7 Å². The first-order valence-electron chi connectivity index (χ1n) is 8.76. The maximum atomic E-state index is 12.3. The molecule has 0 bridgehead atoms. The number of carbonyl (C=O) groups excluding carboxylic acids is 4. The molecule has 8 nitrogen and oxygen atoms in total. The Morgan fingerprint density at radius 3 is 2.07 bits per heavy atom. The Morgan fingerprint density at radius 1 is 0.926 bits per heavy atom. The van der Waals surface area contributed by atoms with Gasteiger partial charge >= 0.3 is 5.97 Å². The molecule has 0 unspecified atom stereocenters. The Hall–Kier alpha value is -1.16. The van der Waals surface area contributed by atoms with Gasteiger partial charge in [0.25, 0.3) is 0 Å². The highest BCUT2D eigenvalue weighted by Gasteiger charge is 2.20. The lowest BCUT2D eigenvalue weighted by molar-refractivity contribution is -0.155. The lowest BCUT2D eigenvalue weighted by Gasteiger charge is -2.20. The number of nitrogens with one attached hydrogen (secondary N) is 3. The van der Waals surface area contributed by atoms with Crippen LogP contribution in [0.2, 0.25) is 0 Å². The zero-order chi connectivity index (χ0) is 20.9. The lowest BCUT2D eigenvalue weighted by Crippen LogP contribution is -2.47. The van der Waals surface area contributed by atoms with Crippen LogP contribution in [-0.4, -0.2) is 59.1 Å². The van der Waals surface area contributed by atoms with Gasteiger partial charge in [0.05, 0.1) is 10.7 Å². The molecule has 27 heavy (non-hydrogen) atoms. The third-order valence-corrected chi connectivity index (χ3v) is 4.18. The molecule has 10 heteroatoms. The van der Waals surface area contributed by atoms with Crippen molar-refractivity contribution in [3.05, 3.63) is 0 Å². The van der Waals surface area contributed by atoms with Crippen molar-refractivity contribution in [2.45, 2.75) is 58.1 Å². The second-order valence-corrected chi connectivity index (χ2v) is 7.98. The molecule has 156 valence electrons. The molecule has 0 radical (unpaired) electrons. The average molecular weight is 515 g/mol. The first-order chi connectivity index (χ1) is 12.6. The van der Waals surface area contributed by atoms with E-state index in [0.717, 1.165) is 0 Å². The molecule has 3 amide bonds. The largest absolute Gasteiger partial charge is 0.460 e. The summed E-state index contributed by atoms with van der Waals surface area (Å²) >= 11 is 6.10. The van der Waals surface area contributed by atoms with E-state index in [-0.39, 0.29) is 40.8 Å². The molecule has 0 saturated heterocycles. The maximum absolute atomic E-state index is 12.3. The summed E-state index contributed by atoms with van der Waals surface area (Å²) in [5.74, 6) is -1.07. The molecule has 0 aliphatic heterocycles. The standard InChI is InChI=1S/C17H29Br2N3O5/c1-17(2,3)27-15(25)7-5-9-21-16(26)12(22-14(24)11-19)6-4-8-20-13(23)10-18/h12H,4-11H2,1-3H3,(H,20,23)(H,21,26)(H,22,24)/t12-/m0/s1. The molecule has 1 atom stereocenters. The number of hydrogen-bond acceptors (Lipinski definition) is 5. The highest BCUT2D eigenvalue weighted by molar-refractivity contribution is 9.09. The van der Waals surface area contributed by atoms with Crippen LogP contribution in [-0.2, 0) is 23.9 Å². The summed E-state index contributed by atoms with van der Waals surface area (Å²) in [5, 5.41) is 8.35. The van der Waals surface area contributed by atoms with Crippen LogP contribution in [0.25, 0.3) is 0 Å². The van der Waals surface area contributed by atoms with Crippen molar-refractivity contribution in [3.63, 3.8) is 0 Å². The number of ether oxygens (including phenoxy) is 1. The van der Waals surface area contributed by atoms with E-state index in [1.54, 1.807) is 20.8 Å². The molecule has 0 aromatic carbocycles. The minimum absolute atomic E-state index is 0.0930. The second-order valence-electron chi connectivity index (χ2n) is 6.86. The Balaban J connectivity index is 4.31. The molecule has 0 aromatic heterocycles. The van der Waals surface area contributed by atoms with Crippen LogP contribution in [0.1, 0.15) is 46.5 Å². The van der Waals surface area contributed by atoms with E-state index in [4.69, 9.17) is 4.74 Å². The summed E-state index contributed by atoms with van der Waals surface area (Å²) in [5.41, 5.74) is -0.532. The summed E-state index contributed by atoms with van der Waals surface area (Å²) < 4.78 is 5.20. The van der Waals surface area contributed by atoms with Gasteiger partial charge in [-0.3, -0.25) is 19.2 Å². The Morgan fingerprint density at radius 2 is 1.52 bits per heavy atom. The molecule has 0 spiro atoms. The van der Waals surface area contributed by atoms with E-state index in [1.807, 2.05) is 0 Å². The van der Waals surface area contributed by atoms with E-state index in [1.165, 1.54) is 0 Å². The van der Waals surface area contributed by atoms with Crippen LogP contribution in [0.15, 0.2) is 0 Å². The van der Waals surface area contributed by atoms with E-state index < -0.39 is 11.6 Å². The fraction of sp³-hybridized carbons (Fsp3) is 0.765. The molecule has 0 aliphatic carbocycles. The van der Waals surface area contributed by atoms with Gasteiger partial charge in [-0.2, -0.15) is 0 Å². The van der Waals surface area contributed by atoms with E-state index in [0.29, 0.717) is 32.4 Å². The molecule has 3 N–H and O–H groups in total. The summed E-state index contributed by atoms with van der Waals surface area (Å²) in [4.78, 5) is 46.7. The topological polar surface area (TPSA) is 114 Å². The van der Waals surface area contributed by atoms with Gasteiger partial charge in [0.1, 0.15) is 11.6 Å². The smallest absolute Gasteiger partial charge is 0.306 e. The highest BCUT2D eigenvalue weighted by atomic mass is 79.9. The molecule has 0 aliphatic rings. The van der Waals surface area contributed by atoms with Gasteiger partial charge in [-0.05, 0) is 40.0 Å². The highest BCUT2D eigenvalue weighted by Crippen LogP contribution is 2.08. The van der Waals surface area contributed by atoms with E-state index in [9.17, 15) is 19.2 Å². The zero-order valence-corrected chi connectivity index (χ0v) is 19.2. The Bertz CT molecular complexity index is 509. The minimum atomic E-state index is -0.697. The fourth-order valence-electron chi connectivity index (χ4n) is 2.04. The summed E-state index contributed by atoms with van der Waals surface area (Å²) in [6.45, 7) is 6.11. The number of carbonyl (C=O) groups is 4. The van der Waals surface area contributed by atoms with Crippen molar-refractivity contribution in [1.82, 2.24) is 16.0 Å². The predicted molar refractivity (Wildman–Crippen MR) is 110 cm³/mol. The Kier molecular flexibility index (Phi) is 13.3. The number of alkyl halides is 2. The molecule has 0 aromatic rings. The van der Waals surface area contributed by atoms with Gasteiger partial charge in [-0.1, -0.05) is 31.9 Å². The van der Waals surface area contributed by atoms with Gasteiger partial charge < -0.3 is 20.7 Å². The van der Waals surface area contributed by atoms with Crippen molar-refractivity contribution in [1.29, 1.82) is 0 Å². The van der Waals surface area contributed by atoms with Crippen LogP contribution in [0, 0.1) is 0 Å². The molecule has 0 heterocycles.